The molecule has 0 aliphatic heterocycles. The Bertz CT molecular complexity index is 2440. The van der Waals surface area contributed by atoms with Crippen molar-refractivity contribution in [2.45, 2.75) is 0 Å². The number of fused-ring (bicyclic) bond motifs is 6. The largest absolute Gasteiger partial charge is 0.456 e. The highest BCUT2D eigenvalue weighted by Crippen LogP contribution is 2.47. The minimum Gasteiger partial charge on any atom is -0.456 e. The Labute approximate surface area is 249 Å². The monoisotopic (exact) mass is 546 g/mol. The van der Waals surface area contributed by atoms with Gasteiger partial charge in [-0.15, -0.1) is 0 Å². The van der Waals surface area contributed by atoms with Crippen LogP contribution in [0.2, 0.25) is 0 Å². The van der Waals surface area contributed by atoms with E-state index in [0.29, 0.717) is 0 Å². The molecule has 0 saturated carbocycles. The van der Waals surface area contributed by atoms with Crippen molar-refractivity contribution in [1.29, 1.82) is 0 Å². The Morgan fingerprint density at radius 3 is 1.49 bits per heavy atom. The lowest BCUT2D eigenvalue weighted by Gasteiger charge is -2.20. The van der Waals surface area contributed by atoms with Crippen molar-refractivity contribution in [1.82, 2.24) is 0 Å². The van der Waals surface area contributed by atoms with Crippen LogP contribution in [0.3, 0.4) is 0 Å². The molecule has 0 radical (unpaired) electrons. The first kappa shape index (κ1) is 24.0. The van der Waals surface area contributed by atoms with E-state index in [1.807, 2.05) is 12.1 Å². The summed E-state index contributed by atoms with van der Waals surface area (Å²) in [7, 11) is 0. The molecule has 0 spiro atoms. The molecule has 1 heteroatoms. The average molecular weight is 547 g/mol. The summed E-state index contributed by atoms with van der Waals surface area (Å²) in [6.07, 6.45) is 0. The molecule has 0 aliphatic carbocycles. The van der Waals surface area contributed by atoms with E-state index < -0.39 is 0 Å². The van der Waals surface area contributed by atoms with Gasteiger partial charge in [0.05, 0.1) is 0 Å². The van der Waals surface area contributed by atoms with E-state index >= 15 is 0 Å². The predicted octanol–water partition coefficient (Wildman–Crippen LogP) is 12.0. The summed E-state index contributed by atoms with van der Waals surface area (Å²) < 4.78 is 6.34. The molecular formula is C42H26O. The lowest BCUT2D eigenvalue weighted by Crippen LogP contribution is -1.93. The maximum Gasteiger partial charge on any atom is 0.136 e. The summed E-state index contributed by atoms with van der Waals surface area (Å²) >= 11 is 0. The summed E-state index contributed by atoms with van der Waals surface area (Å²) in [4.78, 5) is 0. The van der Waals surface area contributed by atoms with Crippen molar-refractivity contribution in [3.05, 3.63) is 158 Å². The normalized spacial score (nSPS) is 11.7. The summed E-state index contributed by atoms with van der Waals surface area (Å²) in [5.74, 6) is 0. The molecule has 0 unspecified atom stereocenters. The van der Waals surface area contributed by atoms with E-state index in [2.05, 4.69) is 146 Å². The van der Waals surface area contributed by atoms with Crippen LogP contribution < -0.4 is 0 Å². The van der Waals surface area contributed by atoms with E-state index in [1.54, 1.807) is 0 Å². The molecule has 9 aromatic rings. The van der Waals surface area contributed by atoms with Crippen molar-refractivity contribution >= 4 is 54.3 Å². The van der Waals surface area contributed by atoms with Gasteiger partial charge in [0.25, 0.3) is 0 Å². The maximum atomic E-state index is 6.34. The van der Waals surface area contributed by atoms with Crippen molar-refractivity contribution in [2.24, 2.45) is 0 Å². The molecule has 1 nitrogen and oxygen atoms in total. The van der Waals surface area contributed by atoms with Crippen LogP contribution in [0.4, 0.5) is 0 Å². The fraction of sp³-hybridized carbons (Fsp3) is 0. The second kappa shape index (κ2) is 9.44. The van der Waals surface area contributed by atoms with E-state index in [-0.39, 0.29) is 0 Å². The molecular weight excluding hydrogens is 520 g/mol. The van der Waals surface area contributed by atoms with Gasteiger partial charge in [0.2, 0.25) is 0 Å². The summed E-state index contributed by atoms with van der Waals surface area (Å²) in [6.45, 7) is 0. The minimum absolute atomic E-state index is 0.914. The fourth-order valence-corrected chi connectivity index (χ4v) is 6.91. The number of hydrogen-bond acceptors (Lipinski definition) is 1. The van der Waals surface area contributed by atoms with Crippen LogP contribution in [-0.2, 0) is 0 Å². The van der Waals surface area contributed by atoms with Crippen LogP contribution in [0.25, 0.3) is 87.6 Å². The van der Waals surface area contributed by atoms with Gasteiger partial charge in [-0.05, 0) is 96.0 Å². The first-order valence-electron chi connectivity index (χ1n) is 14.8. The van der Waals surface area contributed by atoms with Gasteiger partial charge in [0.15, 0.2) is 0 Å². The van der Waals surface area contributed by atoms with Gasteiger partial charge >= 0.3 is 0 Å². The highest BCUT2D eigenvalue weighted by atomic mass is 16.3. The minimum atomic E-state index is 0.914. The van der Waals surface area contributed by atoms with Crippen molar-refractivity contribution in [3.63, 3.8) is 0 Å². The van der Waals surface area contributed by atoms with Gasteiger partial charge in [0, 0.05) is 10.8 Å². The Morgan fingerprint density at radius 2 is 0.814 bits per heavy atom. The lowest BCUT2D eigenvalue weighted by atomic mass is 9.83. The van der Waals surface area contributed by atoms with Crippen LogP contribution in [0.5, 0.6) is 0 Å². The van der Waals surface area contributed by atoms with Gasteiger partial charge in [-0.2, -0.15) is 0 Å². The third-order valence-corrected chi connectivity index (χ3v) is 8.84. The Morgan fingerprint density at radius 1 is 0.302 bits per heavy atom. The first-order chi connectivity index (χ1) is 21.3. The SMILES string of the molecule is c1ccc(-c2cc3ccccc3cc2-c2c3ccccc3c(-c3ccc4c(c3)oc3ccccc34)c3ccccc23)cc1. The number of furan rings is 1. The van der Waals surface area contributed by atoms with Crippen molar-refractivity contribution in [3.8, 4) is 33.4 Å². The number of para-hydroxylation sites is 1. The van der Waals surface area contributed by atoms with Crippen molar-refractivity contribution < 1.29 is 4.42 Å². The van der Waals surface area contributed by atoms with Gasteiger partial charge < -0.3 is 4.42 Å². The molecule has 0 N–H and O–H groups in total. The van der Waals surface area contributed by atoms with Crippen LogP contribution in [0, 0.1) is 0 Å². The molecule has 200 valence electrons. The molecule has 0 atom stereocenters. The fourth-order valence-electron chi connectivity index (χ4n) is 6.91. The smallest absolute Gasteiger partial charge is 0.136 e. The van der Waals surface area contributed by atoms with E-state index in [0.717, 1.165) is 27.5 Å². The molecule has 1 heterocycles. The standard InChI is InChI=1S/C42H26O/c1-2-12-27(13-3-1)37-24-28-14-4-5-15-29(28)25-38(37)42-35-19-8-6-17-33(35)41(34-18-7-9-20-36(34)42)30-22-23-32-31-16-10-11-21-39(31)43-40(32)26-30/h1-26H. The zero-order chi connectivity index (χ0) is 28.3. The third kappa shape index (κ3) is 3.72. The van der Waals surface area contributed by atoms with E-state index in [4.69, 9.17) is 4.42 Å². The molecule has 1 aromatic heterocycles. The molecule has 0 bridgehead atoms. The summed E-state index contributed by atoms with van der Waals surface area (Å²) in [6, 6.07) is 56.9. The van der Waals surface area contributed by atoms with Crippen molar-refractivity contribution in [2.75, 3.05) is 0 Å². The highest BCUT2D eigenvalue weighted by molar-refractivity contribution is 6.23. The van der Waals surface area contributed by atoms with Crippen LogP contribution in [0.1, 0.15) is 0 Å². The number of hydrogen-bond donors (Lipinski definition) is 0. The second-order valence-corrected chi connectivity index (χ2v) is 11.3. The molecule has 0 fully saturated rings. The zero-order valence-corrected chi connectivity index (χ0v) is 23.4. The number of benzene rings is 8. The van der Waals surface area contributed by atoms with E-state index in [9.17, 15) is 0 Å². The van der Waals surface area contributed by atoms with Gasteiger partial charge in [-0.25, -0.2) is 0 Å². The quantitative estimate of drug-likeness (QED) is 0.201. The summed E-state index contributed by atoms with van der Waals surface area (Å²) in [5.41, 5.74) is 9.20. The highest BCUT2D eigenvalue weighted by Gasteiger charge is 2.20. The first-order valence-corrected chi connectivity index (χ1v) is 14.8. The Balaban J connectivity index is 1.40. The topological polar surface area (TPSA) is 13.1 Å². The van der Waals surface area contributed by atoms with Gasteiger partial charge in [-0.3, -0.25) is 0 Å². The molecule has 0 aliphatic rings. The maximum absolute atomic E-state index is 6.34. The zero-order valence-electron chi connectivity index (χ0n) is 23.4. The second-order valence-electron chi connectivity index (χ2n) is 11.3. The predicted molar refractivity (Wildman–Crippen MR) is 183 cm³/mol. The van der Waals surface area contributed by atoms with Gasteiger partial charge in [0.1, 0.15) is 11.2 Å². The third-order valence-electron chi connectivity index (χ3n) is 8.84. The summed E-state index contributed by atoms with van der Waals surface area (Å²) in [5, 5.41) is 9.74. The van der Waals surface area contributed by atoms with Crippen LogP contribution in [0.15, 0.2) is 162 Å². The number of rotatable bonds is 3. The average Bonchev–Trinajstić information content (AvgIpc) is 3.45. The molecule has 9 rings (SSSR count). The molecule has 0 amide bonds. The van der Waals surface area contributed by atoms with E-state index in [1.165, 1.54) is 60.1 Å². The lowest BCUT2D eigenvalue weighted by molar-refractivity contribution is 0.669. The van der Waals surface area contributed by atoms with Crippen LogP contribution >= 0.6 is 0 Å². The van der Waals surface area contributed by atoms with Crippen LogP contribution in [-0.4, -0.2) is 0 Å². The van der Waals surface area contributed by atoms with Gasteiger partial charge in [-0.1, -0.05) is 127 Å². The Kier molecular flexibility index (Phi) is 5.27. The Hall–Kier alpha value is -5.66. The molecule has 8 aromatic carbocycles. The molecule has 0 saturated heterocycles. The molecule has 43 heavy (non-hydrogen) atoms.